The molecule has 0 saturated heterocycles. The quantitative estimate of drug-likeness (QED) is 0.503. The second-order valence-corrected chi connectivity index (χ2v) is 7.47. The van der Waals surface area contributed by atoms with Crippen LogP contribution in [0.15, 0.2) is 47.6 Å². The van der Waals surface area contributed by atoms with Gasteiger partial charge >= 0.3 is 0 Å². The number of aryl methyl sites for hydroxylation is 1. The number of thioether (sulfide) groups is 1. The molecule has 0 aliphatic carbocycles. The summed E-state index contributed by atoms with van der Waals surface area (Å²) in [6, 6.07) is 13.0. The number of methoxy groups -OCH3 is 1. The minimum atomic E-state index is 0.0671. The number of nitrogens with zero attached hydrogens (tertiary/aromatic N) is 3. The molecule has 3 rings (SSSR count). The van der Waals surface area contributed by atoms with E-state index in [0.717, 1.165) is 17.0 Å². The summed E-state index contributed by atoms with van der Waals surface area (Å²) in [5.74, 6) is 2.44. The lowest BCUT2D eigenvalue weighted by molar-refractivity contribution is -0.114. The smallest absolute Gasteiger partial charge is 0.196 e. The Bertz CT molecular complexity index is 973. The second-order valence-electron chi connectivity index (χ2n) is 6.12. The van der Waals surface area contributed by atoms with E-state index in [1.54, 1.807) is 14.0 Å². The number of hydrogen-bond donors (Lipinski definition) is 0. The zero-order valence-electron chi connectivity index (χ0n) is 15.8. The molecule has 6 nitrogen and oxygen atoms in total. The molecule has 0 fully saturated rings. The molecule has 1 heterocycles. The Morgan fingerprint density at radius 3 is 2.50 bits per heavy atom. The third-order valence-corrected chi connectivity index (χ3v) is 5.43. The number of hydrogen-bond acceptors (Lipinski definition) is 6. The first-order valence-electron chi connectivity index (χ1n) is 8.58. The highest BCUT2D eigenvalue weighted by Gasteiger charge is 2.16. The fourth-order valence-corrected chi connectivity index (χ4v) is 3.40. The molecule has 146 valence electrons. The maximum atomic E-state index is 11.4. The maximum Gasteiger partial charge on any atom is 0.196 e. The number of carbonyl (C=O) groups is 1. The number of aromatic nitrogens is 3. The van der Waals surface area contributed by atoms with Crippen LogP contribution in [0.3, 0.4) is 0 Å². The molecular formula is C20H20ClN3O3S. The number of benzene rings is 2. The lowest BCUT2D eigenvalue weighted by Gasteiger charge is -2.12. The first kappa shape index (κ1) is 20.2. The summed E-state index contributed by atoms with van der Waals surface area (Å²) >= 11 is 7.64. The van der Waals surface area contributed by atoms with E-state index in [4.69, 9.17) is 21.1 Å². The SMILES string of the molecule is COc1ccc(OCc2nnc(SCC(C)=O)n2-c2ccc(C)c(Cl)c2)cc1. The highest BCUT2D eigenvalue weighted by Crippen LogP contribution is 2.26. The number of rotatable bonds is 8. The normalized spacial score (nSPS) is 10.7. The van der Waals surface area contributed by atoms with Crippen LogP contribution in [0.5, 0.6) is 11.5 Å². The number of ether oxygens (including phenoxy) is 2. The van der Waals surface area contributed by atoms with Crippen molar-refractivity contribution in [2.45, 2.75) is 25.6 Å². The number of halogens is 1. The summed E-state index contributed by atoms with van der Waals surface area (Å²) < 4.78 is 12.9. The zero-order valence-corrected chi connectivity index (χ0v) is 17.4. The van der Waals surface area contributed by atoms with Crippen molar-refractivity contribution in [3.05, 3.63) is 58.9 Å². The molecule has 3 aromatic rings. The van der Waals surface area contributed by atoms with E-state index < -0.39 is 0 Å². The molecular weight excluding hydrogens is 398 g/mol. The fraction of sp³-hybridized carbons (Fsp3) is 0.250. The molecule has 0 aliphatic rings. The lowest BCUT2D eigenvalue weighted by atomic mass is 10.2. The third kappa shape index (κ3) is 4.85. The van der Waals surface area contributed by atoms with Gasteiger partial charge in [-0.1, -0.05) is 29.4 Å². The van der Waals surface area contributed by atoms with E-state index in [2.05, 4.69) is 10.2 Å². The summed E-state index contributed by atoms with van der Waals surface area (Å²) in [5, 5.41) is 9.76. The summed E-state index contributed by atoms with van der Waals surface area (Å²) in [4.78, 5) is 11.4. The van der Waals surface area contributed by atoms with Crippen LogP contribution in [0.2, 0.25) is 5.02 Å². The lowest BCUT2D eigenvalue weighted by Crippen LogP contribution is -2.07. The van der Waals surface area contributed by atoms with Crippen molar-refractivity contribution in [3.63, 3.8) is 0 Å². The Hall–Kier alpha value is -2.51. The van der Waals surface area contributed by atoms with Gasteiger partial charge in [0.05, 0.1) is 18.6 Å². The highest BCUT2D eigenvalue weighted by molar-refractivity contribution is 7.99. The van der Waals surface area contributed by atoms with Crippen molar-refractivity contribution < 1.29 is 14.3 Å². The van der Waals surface area contributed by atoms with Crippen LogP contribution < -0.4 is 9.47 Å². The third-order valence-electron chi connectivity index (χ3n) is 3.95. The van der Waals surface area contributed by atoms with Crippen LogP contribution in [-0.2, 0) is 11.4 Å². The van der Waals surface area contributed by atoms with Gasteiger partial charge in [0.1, 0.15) is 23.9 Å². The van der Waals surface area contributed by atoms with Crippen molar-refractivity contribution in [3.8, 4) is 17.2 Å². The molecule has 0 spiro atoms. The van der Waals surface area contributed by atoms with Gasteiger partial charge in [-0.2, -0.15) is 0 Å². The molecule has 8 heteroatoms. The Kier molecular flexibility index (Phi) is 6.59. The van der Waals surface area contributed by atoms with Gasteiger partial charge < -0.3 is 9.47 Å². The summed E-state index contributed by atoms with van der Waals surface area (Å²) in [6.07, 6.45) is 0. The van der Waals surface area contributed by atoms with E-state index in [0.29, 0.717) is 27.5 Å². The van der Waals surface area contributed by atoms with Crippen LogP contribution in [-0.4, -0.2) is 33.4 Å². The van der Waals surface area contributed by atoms with E-state index >= 15 is 0 Å². The van der Waals surface area contributed by atoms with Gasteiger partial charge in [-0.05, 0) is 55.8 Å². The van der Waals surface area contributed by atoms with Crippen molar-refractivity contribution in [1.82, 2.24) is 14.8 Å². The summed E-state index contributed by atoms with van der Waals surface area (Å²) in [5.41, 5.74) is 1.80. The van der Waals surface area contributed by atoms with Crippen LogP contribution in [0.4, 0.5) is 0 Å². The molecule has 0 atom stereocenters. The molecule has 1 aromatic heterocycles. The van der Waals surface area contributed by atoms with Gasteiger partial charge in [0, 0.05) is 5.02 Å². The fourth-order valence-electron chi connectivity index (χ4n) is 2.45. The average molecular weight is 418 g/mol. The molecule has 0 unspecified atom stereocenters. The van der Waals surface area contributed by atoms with Gasteiger partial charge in [-0.3, -0.25) is 9.36 Å². The molecule has 0 amide bonds. The Morgan fingerprint density at radius 2 is 1.86 bits per heavy atom. The van der Waals surface area contributed by atoms with E-state index in [1.807, 2.05) is 54.0 Å². The van der Waals surface area contributed by atoms with Gasteiger partial charge in [-0.15, -0.1) is 10.2 Å². The molecule has 0 radical (unpaired) electrons. The van der Waals surface area contributed by atoms with Crippen LogP contribution >= 0.6 is 23.4 Å². The summed E-state index contributed by atoms with van der Waals surface area (Å²) in [7, 11) is 1.62. The highest BCUT2D eigenvalue weighted by atomic mass is 35.5. The topological polar surface area (TPSA) is 66.2 Å². The number of carbonyl (C=O) groups excluding carboxylic acids is 1. The van der Waals surface area contributed by atoms with E-state index in [-0.39, 0.29) is 12.4 Å². The Labute approximate surface area is 172 Å². The zero-order chi connectivity index (χ0) is 20.1. The predicted molar refractivity (Wildman–Crippen MR) is 110 cm³/mol. The first-order chi connectivity index (χ1) is 13.5. The van der Waals surface area contributed by atoms with Crippen LogP contribution in [0.1, 0.15) is 18.3 Å². The average Bonchev–Trinajstić information content (AvgIpc) is 3.10. The Morgan fingerprint density at radius 1 is 1.14 bits per heavy atom. The van der Waals surface area contributed by atoms with Crippen molar-refractivity contribution in [2.24, 2.45) is 0 Å². The first-order valence-corrected chi connectivity index (χ1v) is 9.94. The largest absolute Gasteiger partial charge is 0.497 e. The standard InChI is InChI=1S/C20H20ClN3O3S/c1-13-4-5-15(10-18(13)21)24-19(22-23-20(24)28-12-14(2)25)11-27-17-8-6-16(26-3)7-9-17/h4-10H,11-12H2,1-3H3. The number of Topliss-reactive ketones (excluding diaryl/α,β-unsaturated/α-hetero) is 1. The van der Waals surface area contributed by atoms with E-state index in [9.17, 15) is 4.79 Å². The molecule has 0 bridgehead atoms. The minimum Gasteiger partial charge on any atom is -0.497 e. The molecule has 0 saturated carbocycles. The Balaban J connectivity index is 1.88. The van der Waals surface area contributed by atoms with Gasteiger partial charge in [0.25, 0.3) is 0 Å². The molecule has 0 aliphatic heterocycles. The van der Waals surface area contributed by atoms with Crippen LogP contribution in [0, 0.1) is 6.92 Å². The predicted octanol–water partition coefficient (Wildman–Crippen LogP) is 4.50. The van der Waals surface area contributed by atoms with Crippen molar-refractivity contribution in [2.75, 3.05) is 12.9 Å². The maximum absolute atomic E-state index is 11.4. The van der Waals surface area contributed by atoms with Gasteiger partial charge in [0.15, 0.2) is 11.0 Å². The monoisotopic (exact) mass is 417 g/mol. The molecule has 0 N–H and O–H groups in total. The second kappa shape index (κ2) is 9.12. The molecule has 2 aromatic carbocycles. The number of ketones is 1. The minimum absolute atomic E-state index is 0.0671. The van der Waals surface area contributed by atoms with E-state index in [1.165, 1.54) is 11.8 Å². The van der Waals surface area contributed by atoms with Gasteiger partial charge in [-0.25, -0.2) is 0 Å². The summed E-state index contributed by atoms with van der Waals surface area (Å²) in [6.45, 7) is 3.70. The van der Waals surface area contributed by atoms with Gasteiger partial charge in [0.2, 0.25) is 0 Å². The van der Waals surface area contributed by atoms with Crippen molar-refractivity contribution in [1.29, 1.82) is 0 Å². The van der Waals surface area contributed by atoms with Crippen molar-refractivity contribution >= 4 is 29.1 Å². The van der Waals surface area contributed by atoms with Crippen LogP contribution in [0.25, 0.3) is 5.69 Å². The molecule has 28 heavy (non-hydrogen) atoms.